The van der Waals surface area contributed by atoms with Gasteiger partial charge in [0.25, 0.3) is 0 Å². The summed E-state index contributed by atoms with van der Waals surface area (Å²) in [5, 5.41) is 4.60. The van der Waals surface area contributed by atoms with Crippen LogP contribution < -0.4 is 0 Å². The molecule has 0 amide bonds. The van der Waals surface area contributed by atoms with Crippen LogP contribution in [0.2, 0.25) is 0 Å². The highest BCUT2D eigenvalue weighted by atomic mass is 15.2. The fraction of sp³-hybridized carbons (Fsp3) is 0. The van der Waals surface area contributed by atoms with Crippen molar-refractivity contribution in [2.45, 2.75) is 0 Å². The Labute approximate surface area is 323 Å². The van der Waals surface area contributed by atoms with E-state index in [4.69, 9.17) is 15.0 Å². The summed E-state index contributed by atoms with van der Waals surface area (Å²) in [6.45, 7) is 0. The van der Waals surface area contributed by atoms with Gasteiger partial charge in [-0.05, 0) is 52.6 Å². The van der Waals surface area contributed by atoms with E-state index in [2.05, 4.69) is 173 Å². The second kappa shape index (κ2) is 13.0. The van der Waals surface area contributed by atoms with Gasteiger partial charge in [0.15, 0.2) is 11.6 Å². The first-order chi connectivity index (χ1) is 27.8. The van der Waals surface area contributed by atoms with E-state index in [1.165, 1.54) is 16.5 Å². The molecule has 5 heteroatoms. The lowest BCUT2D eigenvalue weighted by Gasteiger charge is -2.14. The Balaban J connectivity index is 1.32. The van der Waals surface area contributed by atoms with Crippen LogP contribution in [0.1, 0.15) is 0 Å². The van der Waals surface area contributed by atoms with Crippen molar-refractivity contribution in [2.75, 3.05) is 0 Å². The Morgan fingerprint density at radius 2 is 0.786 bits per heavy atom. The van der Waals surface area contributed by atoms with Gasteiger partial charge in [0.1, 0.15) is 0 Å². The summed E-state index contributed by atoms with van der Waals surface area (Å²) in [5.74, 6) is 1.80. The standard InChI is InChI=1S/C51H33N5/c1-5-17-34(18-6-1)35-29-31-36(32-30-35)42-33-43-40-25-13-15-27-44(40)55(39-23-11-4-12-24-39)47(43)48-46(42)41-26-14-16-28-45(41)56(48)51-53-49(37-19-7-2-8-20-37)52-50(54-51)38-21-9-3-10-22-38/h1-33H. The summed E-state index contributed by atoms with van der Waals surface area (Å²) in [4.78, 5) is 15.7. The molecule has 11 aromatic rings. The third-order valence-corrected chi connectivity index (χ3v) is 10.8. The van der Waals surface area contributed by atoms with E-state index in [-0.39, 0.29) is 0 Å². The largest absolute Gasteiger partial charge is 0.307 e. The molecule has 0 bridgehead atoms. The van der Waals surface area contributed by atoms with Crippen LogP contribution >= 0.6 is 0 Å². The predicted octanol–water partition coefficient (Wildman–Crippen LogP) is 12.7. The molecule has 56 heavy (non-hydrogen) atoms. The zero-order valence-electron chi connectivity index (χ0n) is 30.3. The van der Waals surface area contributed by atoms with E-state index < -0.39 is 0 Å². The first-order valence-electron chi connectivity index (χ1n) is 18.9. The zero-order chi connectivity index (χ0) is 37.0. The molecule has 0 fully saturated rings. The van der Waals surface area contributed by atoms with E-state index in [9.17, 15) is 0 Å². The number of para-hydroxylation sites is 3. The third kappa shape index (κ3) is 5.13. The van der Waals surface area contributed by atoms with Crippen LogP contribution in [-0.4, -0.2) is 24.1 Å². The van der Waals surface area contributed by atoms with Crippen LogP contribution in [0.5, 0.6) is 0 Å². The van der Waals surface area contributed by atoms with Gasteiger partial charge in [-0.3, -0.25) is 4.57 Å². The van der Waals surface area contributed by atoms with Gasteiger partial charge in [0.05, 0.1) is 22.1 Å². The maximum Gasteiger partial charge on any atom is 0.238 e. The van der Waals surface area contributed by atoms with Crippen molar-refractivity contribution >= 4 is 43.6 Å². The Morgan fingerprint density at radius 1 is 0.321 bits per heavy atom. The van der Waals surface area contributed by atoms with Crippen molar-refractivity contribution in [1.82, 2.24) is 24.1 Å². The molecule has 3 heterocycles. The average molecular weight is 716 g/mol. The minimum atomic E-state index is 0.562. The third-order valence-electron chi connectivity index (χ3n) is 10.8. The highest BCUT2D eigenvalue weighted by Gasteiger charge is 2.26. The first-order valence-corrected chi connectivity index (χ1v) is 18.9. The SMILES string of the molecule is c1ccc(-c2ccc(-c3cc4c5ccccc5n(-c5ccccc5)c4c4c3c3ccccc3n4-c3nc(-c4ccccc4)nc(-c4ccccc4)n3)cc2)cc1. The Kier molecular flexibility index (Phi) is 7.42. The molecule has 0 saturated heterocycles. The molecule has 0 aliphatic heterocycles. The maximum absolute atomic E-state index is 5.31. The second-order valence-corrected chi connectivity index (χ2v) is 14.0. The monoisotopic (exact) mass is 715 g/mol. The van der Waals surface area contributed by atoms with Crippen LogP contribution in [0.25, 0.3) is 100 Å². The highest BCUT2D eigenvalue weighted by molar-refractivity contribution is 6.28. The molecule has 5 nitrogen and oxygen atoms in total. The summed E-state index contributed by atoms with van der Waals surface area (Å²) in [5.41, 5.74) is 11.9. The molecule has 0 aliphatic carbocycles. The number of hydrogen-bond acceptors (Lipinski definition) is 3. The molecule has 0 saturated carbocycles. The summed E-state index contributed by atoms with van der Waals surface area (Å²) < 4.78 is 4.68. The molecule has 3 aromatic heterocycles. The van der Waals surface area contributed by atoms with Crippen molar-refractivity contribution in [3.8, 4) is 56.7 Å². The summed E-state index contributed by atoms with van der Waals surface area (Å²) in [6.07, 6.45) is 0. The highest BCUT2D eigenvalue weighted by Crippen LogP contribution is 2.46. The molecule has 8 aromatic carbocycles. The minimum absolute atomic E-state index is 0.562. The second-order valence-electron chi connectivity index (χ2n) is 14.0. The molecular weight excluding hydrogens is 683 g/mol. The molecule has 0 radical (unpaired) electrons. The zero-order valence-corrected chi connectivity index (χ0v) is 30.3. The summed E-state index contributed by atoms with van der Waals surface area (Å²) in [7, 11) is 0. The smallest absolute Gasteiger partial charge is 0.238 e. The Bertz CT molecular complexity index is 3150. The summed E-state index contributed by atoms with van der Waals surface area (Å²) in [6, 6.07) is 70.3. The van der Waals surface area contributed by atoms with Crippen LogP contribution in [0.15, 0.2) is 200 Å². The molecule has 11 rings (SSSR count). The number of fused-ring (bicyclic) bond motifs is 7. The average Bonchev–Trinajstić information content (AvgIpc) is 3.81. The topological polar surface area (TPSA) is 48.5 Å². The lowest BCUT2D eigenvalue weighted by atomic mass is 9.95. The van der Waals surface area contributed by atoms with Crippen molar-refractivity contribution in [3.63, 3.8) is 0 Å². The molecule has 262 valence electrons. The number of nitrogens with zero attached hydrogens (tertiary/aromatic N) is 5. The van der Waals surface area contributed by atoms with E-state index in [1.807, 2.05) is 36.4 Å². The maximum atomic E-state index is 5.31. The Morgan fingerprint density at radius 3 is 1.39 bits per heavy atom. The van der Waals surface area contributed by atoms with Gasteiger partial charge in [-0.2, -0.15) is 9.97 Å². The normalized spacial score (nSPS) is 11.6. The number of aromatic nitrogens is 5. The number of benzene rings is 8. The fourth-order valence-electron chi connectivity index (χ4n) is 8.25. The minimum Gasteiger partial charge on any atom is -0.307 e. The lowest BCUT2D eigenvalue weighted by molar-refractivity contribution is 0.953. The van der Waals surface area contributed by atoms with Crippen molar-refractivity contribution in [2.24, 2.45) is 0 Å². The van der Waals surface area contributed by atoms with E-state index in [1.54, 1.807) is 0 Å². The molecule has 0 unspecified atom stereocenters. The van der Waals surface area contributed by atoms with Gasteiger partial charge in [-0.1, -0.05) is 170 Å². The van der Waals surface area contributed by atoms with Crippen LogP contribution in [0.3, 0.4) is 0 Å². The van der Waals surface area contributed by atoms with Gasteiger partial charge in [-0.25, -0.2) is 4.98 Å². The fourth-order valence-corrected chi connectivity index (χ4v) is 8.25. The summed E-state index contributed by atoms with van der Waals surface area (Å²) >= 11 is 0. The molecule has 0 N–H and O–H groups in total. The lowest BCUT2D eigenvalue weighted by Crippen LogP contribution is -2.07. The van der Waals surface area contributed by atoms with Crippen LogP contribution in [0.4, 0.5) is 0 Å². The Hall–Kier alpha value is -7.63. The number of rotatable bonds is 6. The van der Waals surface area contributed by atoms with Gasteiger partial charge in [-0.15, -0.1) is 0 Å². The van der Waals surface area contributed by atoms with Gasteiger partial charge < -0.3 is 4.57 Å². The van der Waals surface area contributed by atoms with Crippen molar-refractivity contribution in [1.29, 1.82) is 0 Å². The number of hydrogen-bond donors (Lipinski definition) is 0. The first kappa shape index (κ1) is 31.9. The van der Waals surface area contributed by atoms with E-state index in [0.717, 1.165) is 66.2 Å². The van der Waals surface area contributed by atoms with Gasteiger partial charge in [0, 0.05) is 38.4 Å². The predicted molar refractivity (Wildman–Crippen MR) is 230 cm³/mol. The van der Waals surface area contributed by atoms with Crippen LogP contribution in [-0.2, 0) is 0 Å². The molecular formula is C51H33N5. The molecule has 0 aliphatic rings. The van der Waals surface area contributed by atoms with Crippen molar-refractivity contribution in [3.05, 3.63) is 200 Å². The van der Waals surface area contributed by atoms with Crippen LogP contribution in [0, 0.1) is 0 Å². The van der Waals surface area contributed by atoms with Gasteiger partial charge in [0.2, 0.25) is 5.95 Å². The molecule has 0 spiro atoms. The van der Waals surface area contributed by atoms with Gasteiger partial charge >= 0.3 is 0 Å². The quantitative estimate of drug-likeness (QED) is 0.172. The molecule has 0 atom stereocenters. The van der Waals surface area contributed by atoms with E-state index in [0.29, 0.717) is 17.6 Å². The van der Waals surface area contributed by atoms with E-state index >= 15 is 0 Å². The van der Waals surface area contributed by atoms with Crippen molar-refractivity contribution < 1.29 is 0 Å².